The van der Waals surface area contributed by atoms with Crippen LogP contribution >= 0.6 is 0 Å². The molecule has 8 heteroatoms. The molecule has 0 radical (unpaired) electrons. The molecule has 0 amide bonds. The molecule has 0 saturated heterocycles. The first-order valence-corrected chi connectivity index (χ1v) is 15.5. The Kier molecular flexibility index (Phi) is 7.73. The SMILES string of the molecule is CC(C)(O)C#Cc1cc2c(-c3cnn(COCC[Si](C)(C)C)c3)cn(CCC(C)(C)O)c2cn1. The summed E-state index contributed by atoms with van der Waals surface area (Å²) in [5.41, 5.74) is 1.71. The summed E-state index contributed by atoms with van der Waals surface area (Å²) in [6.45, 7) is 15.8. The van der Waals surface area contributed by atoms with Gasteiger partial charge in [-0.15, -0.1) is 0 Å². The molecule has 0 fully saturated rings. The molecule has 3 heterocycles. The number of hydrogen-bond donors (Lipinski definition) is 2. The highest BCUT2D eigenvalue weighted by Gasteiger charge is 2.17. The second-order valence-corrected chi connectivity index (χ2v) is 16.9. The molecule has 0 atom stereocenters. The highest BCUT2D eigenvalue weighted by Crippen LogP contribution is 2.31. The second-order valence-electron chi connectivity index (χ2n) is 11.3. The Bertz CT molecular complexity index is 1180. The molecular formula is C26H38N4O3Si. The fourth-order valence-electron chi connectivity index (χ4n) is 3.39. The van der Waals surface area contributed by atoms with E-state index in [1.807, 2.05) is 43.2 Å². The van der Waals surface area contributed by atoms with Crippen molar-refractivity contribution in [2.24, 2.45) is 0 Å². The maximum Gasteiger partial charge on any atom is 0.139 e. The van der Waals surface area contributed by atoms with E-state index in [9.17, 15) is 10.2 Å². The van der Waals surface area contributed by atoms with Gasteiger partial charge in [-0.2, -0.15) is 5.10 Å². The van der Waals surface area contributed by atoms with Gasteiger partial charge in [-0.25, -0.2) is 9.67 Å². The molecule has 2 N–H and O–H groups in total. The van der Waals surface area contributed by atoms with Crippen LogP contribution in [0.25, 0.3) is 22.0 Å². The van der Waals surface area contributed by atoms with Gasteiger partial charge in [0.15, 0.2) is 0 Å². The molecule has 0 bridgehead atoms. The summed E-state index contributed by atoms with van der Waals surface area (Å²) in [4.78, 5) is 4.49. The first kappa shape index (κ1) is 26.2. The molecule has 0 aromatic carbocycles. The number of aromatic nitrogens is 4. The molecule has 0 saturated carbocycles. The third-order valence-corrected chi connectivity index (χ3v) is 7.10. The van der Waals surface area contributed by atoms with E-state index in [1.165, 1.54) is 0 Å². The molecule has 3 aromatic rings. The van der Waals surface area contributed by atoms with Crippen LogP contribution < -0.4 is 0 Å². The fraction of sp³-hybridized carbons (Fsp3) is 0.538. The van der Waals surface area contributed by atoms with Gasteiger partial charge in [0.2, 0.25) is 0 Å². The summed E-state index contributed by atoms with van der Waals surface area (Å²) in [6, 6.07) is 3.07. The first-order chi connectivity index (χ1) is 15.7. The Morgan fingerprint density at radius 3 is 2.47 bits per heavy atom. The Morgan fingerprint density at radius 2 is 1.82 bits per heavy atom. The number of pyridine rings is 1. The van der Waals surface area contributed by atoms with Crippen molar-refractivity contribution >= 4 is 19.0 Å². The summed E-state index contributed by atoms with van der Waals surface area (Å²) in [7, 11) is -1.12. The molecule has 0 aliphatic carbocycles. The van der Waals surface area contributed by atoms with E-state index in [0.29, 0.717) is 25.4 Å². The second kappa shape index (κ2) is 10.0. The van der Waals surface area contributed by atoms with E-state index in [-0.39, 0.29) is 0 Å². The van der Waals surface area contributed by atoms with E-state index < -0.39 is 19.3 Å². The van der Waals surface area contributed by atoms with E-state index >= 15 is 0 Å². The Hall–Kier alpha value is -2.44. The smallest absolute Gasteiger partial charge is 0.139 e. The van der Waals surface area contributed by atoms with Crippen LogP contribution in [0.15, 0.2) is 30.9 Å². The zero-order valence-electron chi connectivity index (χ0n) is 21.5. The minimum absolute atomic E-state index is 0.422. The zero-order valence-corrected chi connectivity index (χ0v) is 22.5. The lowest BCUT2D eigenvalue weighted by molar-refractivity contribution is 0.0666. The van der Waals surface area contributed by atoms with Crippen LogP contribution in [0, 0.1) is 11.8 Å². The van der Waals surface area contributed by atoms with Crippen LogP contribution in [0.2, 0.25) is 25.7 Å². The van der Waals surface area contributed by atoms with Crippen molar-refractivity contribution < 1.29 is 14.9 Å². The fourth-order valence-corrected chi connectivity index (χ4v) is 4.15. The standard InChI is InChI=1S/C26H38N4O3Si/c1-25(2,31)9-8-21-14-22-23(18-29(24(22)16-27-21)11-10-26(3,4)32)20-15-28-30(17-20)19-33-12-13-34(5,6)7/h14-18,31-32H,10-13,19H2,1-7H3. The molecular weight excluding hydrogens is 444 g/mol. The predicted molar refractivity (Wildman–Crippen MR) is 139 cm³/mol. The number of nitrogens with zero attached hydrogens (tertiary/aromatic N) is 4. The van der Waals surface area contributed by atoms with Crippen molar-refractivity contribution in [2.45, 2.75) is 84.3 Å². The van der Waals surface area contributed by atoms with E-state index in [0.717, 1.165) is 34.7 Å². The van der Waals surface area contributed by atoms with Crippen LogP contribution in [-0.4, -0.2) is 55.4 Å². The average Bonchev–Trinajstić information content (AvgIpc) is 3.30. The van der Waals surface area contributed by atoms with Gasteiger partial charge in [0.25, 0.3) is 0 Å². The van der Waals surface area contributed by atoms with Crippen LogP contribution in [0.5, 0.6) is 0 Å². The molecule has 3 rings (SSSR count). The number of aryl methyl sites for hydroxylation is 1. The van der Waals surface area contributed by atoms with Crippen LogP contribution in [0.3, 0.4) is 0 Å². The normalized spacial score (nSPS) is 12.7. The number of hydrogen-bond acceptors (Lipinski definition) is 5. The van der Waals surface area contributed by atoms with Gasteiger partial charge in [0.1, 0.15) is 18.0 Å². The quantitative estimate of drug-likeness (QED) is 0.267. The minimum Gasteiger partial charge on any atom is -0.390 e. The summed E-state index contributed by atoms with van der Waals surface area (Å²) >= 11 is 0. The molecule has 184 valence electrons. The maximum atomic E-state index is 10.2. The lowest BCUT2D eigenvalue weighted by Gasteiger charge is -2.17. The topological polar surface area (TPSA) is 85.3 Å². The maximum absolute atomic E-state index is 10.2. The average molecular weight is 483 g/mol. The minimum atomic E-state index is -1.12. The molecule has 34 heavy (non-hydrogen) atoms. The van der Waals surface area contributed by atoms with Crippen LogP contribution in [-0.2, 0) is 18.0 Å². The zero-order chi connectivity index (χ0) is 25.1. The predicted octanol–water partition coefficient (Wildman–Crippen LogP) is 4.50. The number of aliphatic hydroxyl groups is 2. The third kappa shape index (κ3) is 7.81. The van der Waals surface area contributed by atoms with Crippen LogP contribution in [0.1, 0.15) is 39.8 Å². The van der Waals surface area contributed by atoms with Gasteiger partial charge in [-0.3, -0.25) is 0 Å². The Morgan fingerprint density at radius 1 is 1.09 bits per heavy atom. The highest BCUT2D eigenvalue weighted by molar-refractivity contribution is 6.76. The lowest BCUT2D eigenvalue weighted by atomic mass is 10.1. The van der Waals surface area contributed by atoms with Crippen molar-refractivity contribution in [1.29, 1.82) is 0 Å². The van der Waals surface area contributed by atoms with Gasteiger partial charge in [0.05, 0.1) is 23.5 Å². The van der Waals surface area contributed by atoms with Gasteiger partial charge in [-0.1, -0.05) is 25.6 Å². The summed E-state index contributed by atoms with van der Waals surface area (Å²) < 4.78 is 9.78. The first-order valence-electron chi connectivity index (χ1n) is 11.8. The molecule has 3 aromatic heterocycles. The summed E-state index contributed by atoms with van der Waals surface area (Å²) in [5.74, 6) is 5.80. The van der Waals surface area contributed by atoms with E-state index in [1.54, 1.807) is 13.8 Å². The van der Waals surface area contributed by atoms with Crippen molar-refractivity contribution in [3.63, 3.8) is 0 Å². The van der Waals surface area contributed by atoms with Gasteiger partial charge < -0.3 is 19.5 Å². The van der Waals surface area contributed by atoms with Crippen molar-refractivity contribution in [2.75, 3.05) is 6.61 Å². The molecule has 7 nitrogen and oxygen atoms in total. The summed E-state index contributed by atoms with van der Waals surface area (Å²) in [6.07, 6.45) is 8.34. The lowest BCUT2D eigenvalue weighted by Crippen LogP contribution is -2.22. The van der Waals surface area contributed by atoms with Gasteiger partial charge >= 0.3 is 0 Å². The summed E-state index contributed by atoms with van der Waals surface area (Å²) in [5, 5.41) is 25.7. The molecule has 0 aliphatic rings. The third-order valence-electron chi connectivity index (χ3n) is 5.39. The Balaban J connectivity index is 1.91. The number of ether oxygens (including phenoxy) is 1. The van der Waals surface area contributed by atoms with Gasteiger partial charge in [0, 0.05) is 50.1 Å². The van der Waals surface area contributed by atoms with Crippen molar-refractivity contribution in [3.05, 3.63) is 36.5 Å². The molecule has 0 aliphatic heterocycles. The highest BCUT2D eigenvalue weighted by atomic mass is 28.3. The molecule has 0 spiro atoms. The van der Waals surface area contributed by atoms with Crippen LogP contribution in [0.4, 0.5) is 0 Å². The van der Waals surface area contributed by atoms with Crippen molar-refractivity contribution in [1.82, 2.24) is 19.3 Å². The van der Waals surface area contributed by atoms with E-state index in [2.05, 4.69) is 52.3 Å². The van der Waals surface area contributed by atoms with Crippen molar-refractivity contribution in [3.8, 4) is 23.0 Å². The number of rotatable bonds is 9. The van der Waals surface area contributed by atoms with Gasteiger partial charge in [-0.05, 0) is 52.1 Å². The monoisotopic (exact) mass is 482 g/mol. The van der Waals surface area contributed by atoms with E-state index in [4.69, 9.17) is 4.74 Å². The molecule has 0 unspecified atom stereocenters. The Labute approximate surface area is 203 Å². The number of fused-ring (bicyclic) bond motifs is 1. The largest absolute Gasteiger partial charge is 0.390 e.